The van der Waals surface area contributed by atoms with Gasteiger partial charge in [0.1, 0.15) is 0 Å². The van der Waals surface area contributed by atoms with Gasteiger partial charge in [0.25, 0.3) is 0 Å². The first-order chi connectivity index (χ1) is 7.74. The van der Waals surface area contributed by atoms with Crippen LogP contribution >= 0.6 is 0 Å². The van der Waals surface area contributed by atoms with E-state index in [0.29, 0.717) is 0 Å². The van der Waals surface area contributed by atoms with Crippen LogP contribution in [-0.4, -0.2) is 32.7 Å². The lowest BCUT2D eigenvalue weighted by Crippen LogP contribution is -2.22. The van der Waals surface area contributed by atoms with Gasteiger partial charge >= 0.3 is 0 Å². The van der Waals surface area contributed by atoms with Crippen LogP contribution < -0.4 is 16.4 Å². The zero-order valence-corrected chi connectivity index (χ0v) is 12.2. The Kier molecular flexibility index (Phi) is 38.9. The fraction of sp³-hybridized carbons (Fsp3) is 1.00. The van der Waals surface area contributed by atoms with Gasteiger partial charge in [-0.25, -0.2) is 0 Å². The third kappa shape index (κ3) is 48.6. The van der Waals surface area contributed by atoms with Crippen LogP contribution in [-0.2, 0) is 0 Å². The quantitative estimate of drug-likeness (QED) is 0.592. The van der Waals surface area contributed by atoms with Crippen molar-refractivity contribution in [1.29, 1.82) is 0 Å². The molecular weight excluding hydrogens is 198 g/mol. The Hall–Kier alpha value is -0.120. The summed E-state index contributed by atoms with van der Waals surface area (Å²) in [5, 5.41) is 6.36. The van der Waals surface area contributed by atoms with E-state index in [4.69, 9.17) is 5.73 Å². The molecular formula is C13H35N3. The summed E-state index contributed by atoms with van der Waals surface area (Å²) < 4.78 is 0. The molecule has 0 aliphatic rings. The van der Waals surface area contributed by atoms with Crippen molar-refractivity contribution in [2.45, 2.75) is 53.9 Å². The molecule has 0 aliphatic heterocycles. The van der Waals surface area contributed by atoms with E-state index in [9.17, 15) is 0 Å². The maximum atomic E-state index is 5.21. The van der Waals surface area contributed by atoms with Gasteiger partial charge in [0.15, 0.2) is 0 Å². The largest absolute Gasteiger partial charge is 0.329 e. The Bertz CT molecular complexity index is 69.6. The zero-order chi connectivity index (χ0) is 13.1. The molecule has 0 spiro atoms. The minimum Gasteiger partial charge on any atom is -0.329 e. The van der Waals surface area contributed by atoms with Crippen molar-refractivity contribution in [3.63, 3.8) is 0 Å². The predicted molar refractivity (Wildman–Crippen MR) is 77.0 cm³/mol. The molecule has 0 aromatic rings. The molecule has 0 saturated carbocycles. The lowest BCUT2D eigenvalue weighted by molar-refractivity contribution is 0.678. The van der Waals surface area contributed by atoms with Gasteiger partial charge in [0, 0.05) is 13.1 Å². The Morgan fingerprint density at radius 1 is 0.750 bits per heavy atom. The van der Waals surface area contributed by atoms with Crippen molar-refractivity contribution in [2.75, 3.05) is 32.7 Å². The number of hydrogen-bond donors (Lipinski definition) is 3. The molecule has 3 heteroatoms. The van der Waals surface area contributed by atoms with E-state index in [1.807, 2.05) is 0 Å². The molecule has 0 saturated heterocycles. The van der Waals surface area contributed by atoms with E-state index in [-0.39, 0.29) is 0 Å². The Morgan fingerprint density at radius 3 is 1.44 bits per heavy atom. The van der Waals surface area contributed by atoms with E-state index in [0.717, 1.165) is 32.7 Å². The zero-order valence-electron chi connectivity index (χ0n) is 12.2. The summed E-state index contributed by atoms with van der Waals surface area (Å²) >= 11 is 0. The minimum atomic E-state index is 0.750. The fourth-order valence-electron chi connectivity index (χ4n) is 0.757. The summed E-state index contributed by atoms with van der Waals surface area (Å²) in [4.78, 5) is 0. The van der Waals surface area contributed by atoms with Crippen molar-refractivity contribution in [2.24, 2.45) is 5.73 Å². The maximum Gasteiger partial charge on any atom is 0.00744 e. The summed E-state index contributed by atoms with van der Waals surface area (Å²) in [6.45, 7) is 15.7. The highest BCUT2D eigenvalue weighted by molar-refractivity contribution is 4.42. The van der Waals surface area contributed by atoms with E-state index in [1.165, 1.54) is 19.3 Å². The topological polar surface area (TPSA) is 50.1 Å². The van der Waals surface area contributed by atoms with Crippen LogP contribution in [0.25, 0.3) is 0 Å². The molecule has 0 fully saturated rings. The molecule has 16 heavy (non-hydrogen) atoms. The molecule has 0 aromatic carbocycles. The summed E-state index contributed by atoms with van der Waals surface area (Å²) in [6, 6.07) is 0. The van der Waals surface area contributed by atoms with Gasteiger partial charge in [0.2, 0.25) is 0 Å². The van der Waals surface area contributed by atoms with Crippen LogP contribution in [0.4, 0.5) is 0 Å². The highest BCUT2D eigenvalue weighted by atomic mass is 14.9. The van der Waals surface area contributed by atoms with Gasteiger partial charge in [-0.15, -0.1) is 0 Å². The first kappa shape index (κ1) is 21.2. The average molecular weight is 233 g/mol. The highest BCUT2D eigenvalue weighted by Crippen LogP contribution is 1.66. The summed E-state index contributed by atoms with van der Waals surface area (Å²) in [7, 11) is 0. The van der Waals surface area contributed by atoms with Crippen LogP contribution in [0.3, 0.4) is 0 Å². The lowest BCUT2D eigenvalue weighted by Gasteiger charge is -1.95. The fourth-order valence-corrected chi connectivity index (χ4v) is 0.757. The van der Waals surface area contributed by atoms with Crippen molar-refractivity contribution in [1.82, 2.24) is 10.6 Å². The second-order valence-electron chi connectivity index (χ2n) is 3.60. The van der Waals surface area contributed by atoms with E-state index in [1.54, 1.807) is 0 Å². The molecule has 0 heterocycles. The molecule has 0 atom stereocenters. The normalized spacial score (nSPS) is 8.62. The molecule has 102 valence electrons. The van der Waals surface area contributed by atoms with Gasteiger partial charge in [-0.2, -0.15) is 0 Å². The monoisotopic (exact) mass is 233 g/mol. The smallest absolute Gasteiger partial charge is 0.00744 e. The molecule has 0 unspecified atom stereocenters. The van der Waals surface area contributed by atoms with Gasteiger partial charge in [-0.1, -0.05) is 41.0 Å². The van der Waals surface area contributed by atoms with Crippen LogP contribution in [0, 0.1) is 0 Å². The summed E-state index contributed by atoms with van der Waals surface area (Å²) in [6.07, 6.45) is 3.69. The van der Waals surface area contributed by atoms with Gasteiger partial charge < -0.3 is 16.4 Å². The minimum absolute atomic E-state index is 0.750. The second kappa shape index (κ2) is 29.4. The summed E-state index contributed by atoms with van der Waals surface area (Å²) in [5.41, 5.74) is 5.21. The third-order valence-electron chi connectivity index (χ3n) is 1.42. The Morgan fingerprint density at radius 2 is 1.19 bits per heavy atom. The number of rotatable bonds is 7. The predicted octanol–water partition coefficient (Wildman–Crippen LogP) is 2.37. The van der Waals surface area contributed by atoms with Crippen LogP contribution in [0.5, 0.6) is 0 Å². The van der Waals surface area contributed by atoms with Gasteiger partial charge in [-0.05, 0) is 32.5 Å². The van der Waals surface area contributed by atoms with E-state index in [2.05, 4.69) is 45.3 Å². The van der Waals surface area contributed by atoms with Crippen LogP contribution in [0.1, 0.15) is 53.9 Å². The van der Waals surface area contributed by atoms with Crippen molar-refractivity contribution < 1.29 is 0 Å². The average Bonchev–Trinajstić information content (AvgIpc) is 2.29. The van der Waals surface area contributed by atoms with Crippen LogP contribution in [0.2, 0.25) is 0 Å². The van der Waals surface area contributed by atoms with E-state index < -0.39 is 0 Å². The molecule has 0 rings (SSSR count). The van der Waals surface area contributed by atoms with Crippen molar-refractivity contribution in [3.8, 4) is 0 Å². The maximum absolute atomic E-state index is 5.21. The molecule has 0 bridgehead atoms. The molecule has 0 amide bonds. The molecule has 0 aliphatic carbocycles. The standard InChI is InChI=1S/C5H14N2.C5H13N.C3H8/c1-2-4-7-5-3-6;1-3-5-6-4-2;1-3-2/h7H,2-6H2,1H3;6H,3-5H2,1-2H3;3H2,1-2H3. The first-order valence-corrected chi connectivity index (χ1v) is 6.86. The van der Waals surface area contributed by atoms with E-state index >= 15 is 0 Å². The molecule has 4 N–H and O–H groups in total. The van der Waals surface area contributed by atoms with Gasteiger partial charge in [-0.3, -0.25) is 0 Å². The lowest BCUT2D eigenvalue weighted by atomic mass is 10.5. The number of nitrogens with two attached hydrogens (primary N) is 1. The molecule has 3 nitrogen and oxygen atoms in total. The molecule has 0 radical (unpaired) electrons. The van der Waals surface area contributed by atoms with Gasteiger partial charge in [0.05, 0.1) is 0 Å². The highest BCUT2D eigenvalue weighted by Gasteiger charge is 1.76. The van der Waals surface area contributed by atoms with Crippen molar-refractivity contribution in [3.05, 3.63) is 0 Å². The number of hydrogen-bond acceptors (Lipinski definition) is 3. The molecule has 0 aromatic heterocycles. The Balaban J connectivity index is -0.000000172. The number of nitrogens with one attached hydrogen (secondary N) is 2. The SMILES string of the molecule is CCC.CCCNCC.CCCNCCN. The Labute approximate surface area is 104 Å². The van der Waals surface area contributed by atoms with Crippen LogP contribution in [0.15, 0.2) is 0 Å². The first-order valence-electron chi connectivity index (χ1n) is 6.86. The van der Waals surface area contributed by atoms with Crippen molar-refractivity contribution >= 4 is 0 Å². The second-order valence-corrected chi connectivity index (χ2v) is 3.60. The summed E-state index contributed by atoms with van der Waals surface area (Å²) in [5.74, 6) is 0. The third-order valence-corrected chi connectivity index (χ3v) is 1.42.